The predicted molar refractivity (Wildman–Crippen MR) is 72.9 cm³/mol. The Hall–Kier alpha value is -2.30. The molecule has 0 radical (unpaired) electrons. The Bertz CT molecular complexity index is 605. The summed E-state index contributed by atoms with van der Waals surface area (Å²) in [6, 6.07) is 8.17. The summed E-state index contributed by atoms with van der Waals surface area (Å²) in [6.07, 6.45) is 5.37. The van der Waals surface area contributed by atoms with Crippen molar-refractivity contribution in [2.24, 2.45) is 7.05 Å². The minimum Gasteiger partial charge on any atom is -0.331 e. The van der Waals surface area contributed by atoms with Crippen LogP contribution in [0.15, 0.2) is 36.7 Å². The molecule has 2 amide bonds. The van der Waals surface area contributed by atoms with Gasteiger partial charge in [0.25, 0.3) is 0 Å². The molecule has 0 saturated heterocycles. The molecule has 19 heavy (non-hydrogen) atoms. The lowest BCUT2D eigenvalue weighted by atomic mass is 10.1. The van der Waals surface area contributed by atoms with Crippen molar-refractivity contribution in [3.8, 4) is 0 Å². The molecule has 0 bridgehead atoms. The summed E-state index contributed by atoms with van der Waals surface area (Å²) in [5.41, 5.74) is 3.25. The van der Waals surface area contributed by atoms with Gasteiger partial charge >= 0.3 is 6.03 Å². The summed E-state index contributed by atoms with van der Waals surface area (Å²) in [5.74, 6) is 0. The van der Waals surface area contributed by atoms with Crippen LogP contribution in [0.5, 0.6) is 0 Å². The van der Waals surface area contributed by atoms with Gasteiger partial charge < -0.3 is 10.6 Å². The summed E-state index contributed by atoms with van der Waals surface area (Å²) in [4.78, 5) is 11.9. The molecule has 0 fully saturated rings. The maximum Gasteiger partial charge on any atom is 0.319 e. The summed E-state index contributed by atoms with van der Waals surface area (Å²) in [5, 5.41) is 9.80. The number of hydrogen-bond donors (Lipinski definition) is 2. The van der Waals surface area contributed by atoms with Crippen LogP contribution < -0.4 is 10.6 Å². The van der Waals surface area contributed by atoms with Gasteiger partial charge in [-0.3, -0.25) is 4.68 Å². The molecule has 5 heteroatoms. The van der Waals surface area contributed by atoms with Crippen LogP contribution in [0.4, 0.5) is 10.5 Å². The SMILES string of the molecule is Cn1cc(NC(=O)NC2CCc3ccccc32)cn1. The predicted octanol–water partition coefficient (Wildman–Crippen LogP) is 2.23. The topological polar surface area (TPSA) is 59.0 Å². The molecular formula is C14H16N4O. The van der Waals surface area contributed by atoms with Crippen LogP contribution in [0.25, 0.3) is 0 Å². The van der Waals surface area contributed by atoms with E-state index in [0.29, 0.717) is 5.69 Å². The molecular weight excluding hydrogens is 240 g/mol. The van der Waals surface area contributed by atoms with Crippen LogP contribution in [0, 0.1) is 0 Å². The first-order chi connectivity index (χ1) is 9.22. The van der Waals surface area contributed by atoms with Crippen molar-refractivity contribution in [2.45, 2.75) is 18.9 Å². The van der Waals surface area contributed by atoms with Crippen LogP contribution in [-0.4, -0.2) is 15.8 Å². The number of carbonyl (C=O) groups is 1. The Morgan fingerprint density at radius 2 is 2.26 bits per heavy atom. The Balaban J connectivity index is 1.65. The lowest BCUT2D eigenvalue weighted by Gasteiger charge is -2.14. The Morgan fingerprint density at radius 1 is 1.42 bits per heavy atom. The van der Waals surface area contributed by atoms with Crippen LogP contribution in [0.1, 0.15) is 23.6 Å². The normalized spacial score (nSPS) is 17.0. The molecule has 1 atom stereocenters. The Kier molecular flexibility index (Phi) is 2.95. The van der Waals surface area contributed by atoms with E-state index in [4.69, 9.17) is 0 Å². The van der Waals surface area contributed by atoms with E-state index in [-0.39, 0.29) is 12.1 Å². The van der Waals surface area contributed by atoms with Crippen LogP contribution in [0.3, 0.4) is 0 Å². The zero-order chi connectivity index (χ0) is 13.2. The number of nitrogens with one attached hydrogen (secondary N) is 2. The first-order valence-corrected chi connectivity index (χ1v) is 6.36. The Labute approximate surface area is 111 Å². The largest absolute Gasteiger partial charge is 0.331 e. The molecule has 1 aromatic heterocycles. The van der Waals surface area contributed by atoms with Crippen LogP contribution in [-0.2, 0) is 13.5 Å². The molecule has 2 aromatic rings. The summed E-state index contributed by atoms with van der Waals surface area (Å²) in [7, 11) is 1.82. The summed E-state index contributed by atoms with van der Waals surface area (Å²) >= 11 is 0. The smallest absolute Gasteiger partial charge is 0.319 e. The number of hydrogen-bond acceptors (Lipinski definition) is 2. The van der Waals surface area contributed by atoms with E-state index in [9.17, 15) is 4.79 Å². The fourth-order valence-electron chi connectivity index (χ4n) is 2.52. The number of aryl methyl sites for hydroxylation is 2. The Morgan fingerprint density at radius 3 is 3.05 bits per heavy atom. The number of benzene rings is 1. The van der Waals surface area contributed by atoms with Crippen molar-refractivity contribution in [3.05, 3.63) is 47.8 Å². The molecule has 98 valence electrons. The van der Waals surface area contributed by atoms with E-state index in [1.54, 1.807) is 17.1 Å². The second-order valence-corrected chi connectivity index (χ2v) is 4.79. The maximum atomic E-state index is 11.9. The second kappa shape index (κ2) is 4.76. The minimum atomic E-state index is -0.185. The molecule has 3 rings (SSSR count). The van der Waals surface area contributed by atoms with Crippen LogP contribution in [0.2, 0.25) is 0 Å². The molecule has 0 aliphatic heterocycles. The highest BCUT2D eigenvalue weighted by Crippen LogP contribution is 2.30. The average molecular weight is 256 g/mol. The van der Waals surface area contributed by atoms with Crippen molar-refractivity contribution in [3.63, 3.8) is 0 Å². The molecule has 2 N–H and O–H groups in total. The van der Waals surface area contributed by atoms with Gasteiger partial charge in [-0.15, -0.1) is 0 Å². The summed E-state index contributed by atoms with van der Waals surface area (Å²) < 4.78 is 1.65. The minimum absolute atomic E-state index is 0.105. The number of rotatable bonds is 2. The highest BCUT2D eigenvalue weighted by molar-refractivity contribution is 5.89. The third-order valence-corrected chi connectivity index (χ3v) is 3.40. The van der Waals surface area contributed by atoms with E-state index in [0.717, 1.165) is 12.8 Å². The number of amides is 2. The molecule has 1 unspecified atom stereocenters. The van der Waals surface area contributed by atoms with E-state index in [1.807, 2.05) is 19.2 Å². The van der Waals surface area contributed by atoms with E-state index < -0.39 is 0 Å². The first kappa shape index (κ1) is 11.8. The number of urea groups is 1. The van der Waals surface area contributed by atoms with Gasteiger partial charge in [-0.05, 0) is 24.0 Å². The van der Waals surface area contributed by atoms with E-state index in [1.165, 1.54) is 11.1 Å². The van der Waals surface area contributed by atoms with Crippen molar-refractivity contribution in [1.82, 2.24) is 15.1 Å². The van der Waals surface area contributed by atoms with Gasteiger partial charge in [-0.1, -0.05) is 24.3 Å². The molecule has 0 saturated carbocycles. The molecule has 1 aliphatic carbocycles. The van der Waals surface area contributed by atoms with Gasteiger partial charge in [-0.25, -0.2) is 4.79 Å². The first-order valence-electron chi connectivity index (χ1n) is 6.36. The quantitative estimate of drug-likeness (QED) is 0.865. The van der Waals surface area contributed by atoms with Gasteiger partial charge in [0.2, 0.25) is 0 Å². The molecule has 1 aliphatic rings. The number of nitrogens with zero attached hydrogens (tertiary/aromatic N) is 2. The highest BCUT2D eigenvalue weighted by atomic mass is 16.2. The second-order valence-electron chi connectivity index (χ2n) is 4.79. The number of carbonyl (C=O) groups excluding carboxylic acids is 1. The van der Waals surface area contributed by atoms with Crippen molar-refractivity contribution >= 4 is 11.7 Å². The van der Waals surface area contributed by atoms with E-state index in [2.05, 4.69) is 27.9 Å². The zero-order valence-corrected chi connectivity index (χ0v) is 10.8. The van der Waals surface area contributed by atoms with Gasteiger partial charge in [0.05, 0.1) is 17.9 Å². The number of aromatic nitrogens is 2. The molecule has 1 aromatic carbocycles. The number of fused-ring (bicyclic) bond motifs is 1. The lowest BCUT2D eigenvalue weighted by molar-refractivity contribution is 0.248. The maximum absolute atomic E-state index is 11.9. The van der Waals surface area contributed by atoms with Gasteiger partial charge in [0.1, 0.15) is 0 Å². The fourth-order valence-corrected chi connectivity index (χ4v) is 2.52. The molecule has 0 spiro atoms. The van der Waals surface area contributed by atoms with Crippen molar-refractivity contribution in [1.29, 1.82) is 0 Å². The summed E-state index contributed by atoms with van der Waals surface area (Å²) in [6.45, 7) is 0. The lowest BCUT2D eigenvalue weighted by Crippen LogP contribution is -2.31. The van der Waals surface area contributed by atoms with Gasteiger partial charge in [0.15, 0.2) is 0 Å². The standard InChI is InChI=1S/C14H16N4O/c1-18-9-11(8-15-18)16-14(19)17-13-7-6-10-4-2-3-5-12(10)13/h2-5,8-9,13H,6-7H2,1H3,(H2,16,17,19). The fraction of sp³-hybridized carbons (Fsp3) is 0.286. The zero-order valence-electron chi connectivity index (χ0n) is 10.8. The van der Waals surface area contributed by atoms with Gasteiger partial charge in [0, 0.05) is 13.2 Å². The third kappa shape index (κ3) is 2.45. The van der Waals surface area contributed by atoms with Crippen LogP contribution >= 0.6 is 0 Å². The molecule has 1 heterocycles. The van der Waals surface area contributed by atoms with E-state index >= 15 is 0 Å². The highest BCUT2D eigenvalue weighted by Gasteiger charge is 2.23. The molecule has 5 nitrogen and oxygen atoms in total. The van der Waals surface area contributed by atoms with Gasteiger partial charge in [-0.2, -0.15) is 5.10 Å². The third-order valence-electron chi connectivity index (χ3n) is 3.40. The van der Waals surface area contributed by atoms with Crippen molar-refractivity contribution in [2.75, 3.05) is 5.32 Å². The van der Waals surface area contributed by atoms with Crippen molar-refractivity contribution < 1.29 is 4.79 Å². The monoisotopic (exact) mass is 256 g/mol. The average Bonchev–Trinajstić information content (AvgIpc) is 2.97. The number of anilines is 1.